The fourth-order valence-electron chi connectivity index (χ4n) is 1.40. The number of hydrogen-bond acceptors (Lipinski definition) is 4. The zero-order valence-electron chi connectivity index (χ0n) is 10.6. The zero-order chi connectivity index (χ0) is 13.8. The van der Waals surface area contributed by atoms with Gasteiger partial charge in [0.25, 0.3) is 0 Å². The SMILES string of the molecule is CCC(CS(=O)(=O)Nc1nccc(Br)c1C)OC. The molecule has 1 heterocycles. The van der Waals surface area contributed by atoms with Gasteiger partial charge in [0.05, 0.1) is 11.9 Å². The van der Waals surface area contributed by atoms with Gasteiger partial charge in [-0.15, -0.1) is 0 Å². The molecule has 0 saturated carbocycles. The van der Waals surface area contributed by atoms with Gasteiger partial charge in [-0.3, -0.25) is 4.72 Å². The molecule has 0 aromatic carbocycles. The summed E-state index contributed by atoms with van der Waals surface area (Å²) in [6, 6.07) is 1.76. The molecule has 0 saturated heterocycles. The first-order chi connectivity index (χ1) is 8.39. The number of sulfonamides is 1. The van der Waals surface area contributed by atoms with E-state index < -0.39 is 10.0 Å². The van der Waals surface area contributed by atoms with Gasteiger partial charge in [0.1, 0.15) is 5.82 Å². The molecule has 0 aliphatic carbocycles. The molecule has 0 spiro atoms. The number of halogens is 1. The number of nitrogens with zero attached hydrogens (tertiary/aromatic N) is 1. The summed E-state index contributed by atoms with van der Waals surface area (Å²) in [5.41, 5.74) is 0.756. The highest BCUT2D eigenvalue weighted by Gasteiger charge is 2.19. The summed E-state index contributed by atoms with van der Waals surface area (Å²) in [6.07, 6.45) is 1.88. The molecule has 0 amide bonds. The molecule has 1 unspecified atom stereocenters. The Morgan fingerprint density at radius 2 is 2.22 bits per heavy atom. The Morgan fingerprint density at radius 3 is 2.78 bits per heavy atom. The van der Waals surface area contributed by atoms with Crippen molar-refractivity contribution in [2.24, 2.45) is 0 Å². The minimum Gasteiger partial charge on any atom is -0.380 e. The molecule has 0 aliphatic heterocycles. The molecule has 1 atom stereocenters. The third-order valence-electron chi connectivity index (χ3n) is 2.58. The van der Waals surface area contributed by atoms with Crippen LogP contribution in [0.5, 0.6) is 0 Å². The summed E-state index contributed by atoms with van der Waals surface area (Å²) in [6.45, 7) is 3.68. The third kappa shape index (κ3) is 4.22. The zero-order valence-corrected chi connectivity index (χ0v) is 13.0. The fourth-order valence-corrected chi connectivity index (χ4v) is 3.15. The van der Waals surface area contributed by atoms with Crippen LogP contribution in [0.25, 0.3) is 0 Å². The van der Waals surface area contributed by atoms with Crippen LogP contribution in [-0.2, 0) is 14.8 Å². The van der Waals surface area contributed by atoms with Gasteiger partial charge in [-0.2, -0.15) is 0 Å². The molecule has 7 heteroatoms. The fraction of sp³-hybridized carbons (Fsp3) is 0.545. The van der Waals surface area contributed by atoms with Crippen molar-refractivity contribution in [2.75, 3.05) is 17.6 Å². The highest BCUT2D eigenvalue weighted by molar-refractivity contribution is 9.10. The molecule has 5 nitrogen and oxygen atoms in total. The second-order valence-electron chi connectivity index (χ2n) is 3.92. The maximum atomic E-state index is 11.9. The van der Waals surface area contributed by atoms with Crippen LogP contribution in [-0.4, -0.2) is 32.4 Å². The normalized spacial score (nSPS) is 13.3. The van der Waals surface area contributed by atoms with Crippen LogP contribution < -0.4 is 4.72 Å². The summed E-state index contributed by atoms with van der Waals surface area (Å²) >= 11 is 3.33. The van der Waals surface area contributed by atoms with Gasteiger partial charge in [0.15, 0.2) is 0 Å². The molecule has 0 fully saturated rings. The van der Waals surface area contributed by atoms with Crippen LogP contribution in [0.4, 0.5) is 5.82 Å². The molecule has 0 radical (unpaired) electrons. The van der Waals surface area contributed by atoms with Gasteiger partial charge < -0.3 is 4.74 Å². The second kappa shape index (κ2) is 6.49. The summed E-state index contributed by atoms with van der Waals surface area (Å²) in [5.74, 6) is 0.267. The molecule has 18 heavy (non-hydrogen) atoms. The molecule has 102 valence electrons. The Balaban J connectivity index is 2.86. The van der Waals surface area contributed by atoms with Gasteiger partial charge in [0.2, 0.25) is 10.0 Å². The Kier molecular flexibility index (Phi) is 5.55. The molecule has 0 bridgehead atoms. The smallest absolute Gasteiger partial charge is 0.236 e. The molecular weight excluding hydrogens is 320 g/mol. The van der Waals surface area contributed by atoms with E-state index in [1.165, 1.54) is 7.11 Å². The minimum atomic E-state index is -3.46. The van der Waals surface area contributed by atoms with Crippen molar-refractivity contribution in [2.45, 2.75) is 26.4 Å². The molecular formula is C11H17BrN2O3S. The third-order valence-corrected chi connectivity index (χ3v) is 4.76. The van der Waals surface area contributed by atoms with Gasteiger partial charge in [0, 0.05) is 23.3 Å². The standard InChI is InChI=1S/C11H17BrN2O3S/c1-4-9(17-3)7-18(15,16)14-11-8(2)10(12)5-6-13-11/h5-6,9H,4,7H2,1-3H3,(H,13,14). The number of aromatic nitrogens is 1. The van der Waals surface area contributed by atoms with Crippen LogP contribution in [0.1, 0.15) is 18.9 Å². The first-order valence-electron chi connectivity index (χ1n) is 5.54. The van der Waals surface area contributed by atoms with Gasteiger partial charge >= 0.3 is 0 Å². The van der Waals surface area contributed by atoms with E-state index in [9.17, 15) is 8.42 Å². The van der Waals surface area contributed by atoms with E-state index in [2.05, 4.69) is 25.6 Å². The van der Waals surface area contributed by atoms with Crippen molar-refractivity contribution in [3.05, 3.63) is 22.3 Å². The number of rotatable bonds is 6. The number of pyridine rings is 1. The first-order valence-corrected chi connectivity index (χ1v) is 7.98. The lowest BCUT2D eigenvalue weighted by molar-refractivity contribution is 0.117. The summed E-state index contributed by atoms with van der Waals surface area (Å²) < 4.78 is 32.3. The average molecular weight is 337 g/mol. The van der Waals surface area contributed by atoms with Crippen LogP contribution in [0.3, 0.4) is 0 Å². The number of methoxy groups -OCH3 is 1. The molecule has 1 N–H and O–H groups in total. The van der Waals surface area contributed by atoms with E-state index >= 15 is 0 Å². The summed E-state index contributed by atoms with van der Waals surface area (Å²) in [4.78, 5) is 4.02. The number of hydrogen-bond donors (Lipinski definition) is 1. The topological polar surface area (TPSA) is 68.3 Å². The quantitative estimate of drug-likeness (QED) is 0.865. The lowest BCUT2D eigenvalue weighted by atomic mass is 10.3. The Morgan fingerprint density at radius 1 is 1.56 bits per heavy atom. The highest BCUT2D eigenvalue weighted by Crippen LogP contribution is 2.22. The predicted molar refractivity (Wildman–Crippen MR) is 75.2 cm³/mol. The van der Waals surface area contributed by atoms with Crippen molar-refractivity contribution in [3.63, 3.8) is 0 Å². The monoisotopic (exact) mass is 336 g/mol. The van der Waals surface area contributed by atoms with E-state index in [0.29, 0.717) is 12.2 Å². The Labute approximate surface area is 116 Å². The lowest BCUT2D eigenvalue weighted by Crippen LogP contribution is -2.27. The van der Waals surface area contributed by atoms with Gasteiger partial charge in [-0.05, 0) is 19.4 Å². The number of ether oxygens (including phenoxy) is 1. The van der Waals surface area contributed by atoms with Crippen LogP contribution in [0.15, 0.2) is 16.7 Å². The van der Waals surface area contributed by atoms with Crippen molar-refractivity contribution in [1.29, 1.82) is 0 Å². The summed E-state index contributed by atoms with van der Waals surface area (Å²) in [5, 5.41) is 0. The molecule has 1 aromatic rings. The lowest BCUT2D eigenvalue weighted by Gasteiger charge is -2.15. The van der Waals surface area contributed by atoms with E-state index in [4.69, 9.17) is 4.74 Å². The van der Waals surface area contributed by atoms with Gasteiger partial charge in [-0.25, -0.2) is 13.4 Å². The van der Waals surface area contributed by atoms with E-state index in [1.54, 1.807) is 19.2 Å². The van der Waals surface area contributed by atoms with Crippen molar-refractivity contribution in [1.82, 2.24) is 4.98 Å². The minimum absolute atomic E-state index is 0.0758. The summed E-state index contributed by atoms with van der Waals surface area (Å²) in [7, 11) is -1.95. The molecule has 1 rings (SSSR count). The second-order valence-corrected chi connectivity index (χ2v) is 6.54. The van der Waals surface area contributed by atoms with Gasteiger partial charge in [-0.1, -0.05) is 22.9 Å². The van der Waals surface area contributed by atoms with Crippen LogP contribution in [0, 0.1) is 6.92 Å². The maximum Gasteiger partial charge on any atom is 0.236 e. The molecule has 1 aromatic heterocycles. The number of nitrogens with one attached hydrogen (secondary N) is 1. The highest BCUT2D eigenvalue weighted by atomic mass is 79.9. The van der Waals surface area contributed by atoms with E-state index in [-0.39, 0.29) is 11.9 Å². The van der Waals surface area contributed by atoms with E-state index in [1.807, 2.05) is 6.92 Å². The average Bonchev–Trinajstić information content (AvgIpc) is 2.32. The largest absolute Gasteiger partial charge is 0.380 e. The number of anilines is 1. The molecule has 0 aliphatic rings. The van der Waals surface area contributed by atoms with Crippen LogP contribution in [0.2, 0.25) is 0 Å². The maximum absolute atomic E-state index is 11.9. The van der Waals surface area contributed by atoms with Crippen molar-refractivity contribution in [3.8, 4) is 0 Å². The van der Waals surface area contributed by atoms with Crippen LogP contribution >= 0.6 is 15.9 Å². The Bertz CT molecular complexity index is 501. The first kappa shape index (κ1) is 15.4. The van der Waals surface area contributed by atoms with Crippen molar-refractivity contribution < 1.29 is 13.2 Å². The van der Waals surface area contributed by atoms with E-state index in [0.717, 1.165) is 10.0 Å². The predicted octanol–water partition coefficient (Wildman–Crippen LogP) is 2.32. The van der Waals surface area contributed by atoms with Crippen molar-refractivity contribution >= 4 is 31.8 Å². The Hall–Kier alpha value is -0.660.